The minimum absolute atomic E-state index is 0.483. The molecule has 1 saturated carbocycles. The van der Waals surface area contributed by atoms with Crippen LogP contribution in [0.4, 0.5) is 11.5 Å². The standard InChI is InChI=1S/C24H35N5/c1-17(2)29-16-21-23(28(5)20-9-10-20)14-22(26-24(21)29)19-8-6-7-18(13-19)15-27(4)12-11-25-3/h6-8,13-14,17,20,25H,9-12,15-16H2,1-5H3. The van der Waals surface area contributed by atoms with E-state index in [4.69, 9.17) is 4.98 Å². The Morgan fingerprint density at radius 1 is 1.21 bits per heavy atom. The first-order valence-electron chi connectivity index (χ1n) is 10.9. The van der Waals surface area contributed by atoms with Gasteiger partial charge in [0.1, 0.15) is 5.82 Å². The maximum Gasteiger partial charge on any atom is 0.136 e. The van der Waals surface area contributed by atoms with E-state index in [0.29, 0.717) is 12.1 Å². The highest BCUT2D eigenvalue weighted by Crippen LogP contribution is 2.44. The summed E-state index contributed by atoms with van der Waals surface area (Å²) < 4.78 is 0. The fraction of sp³-hybridized carbons (Fsp3) is 0.542. The number of nitrogens with zero attached hydrogens (tertiary/aromatic N) is 4. The second-order valence-electron chi connectivity index (χ2n) is 8.93. The van der Waals surface area contributed by atoms with E-state index >= 15 is 0 Å². The smallest absolute Gasteiger partial charge is 0.136 e. The van der Waals surface area contributed by atoms with Crippen LogP contribution in [-0.4, -0.2) is 56.2 Å². The topological polar surface area (TPSA) is 34.6 Å². The van der Waals surface area contributed by atoms with E-state index in [0.717, 1.165) is 31.9 Å². The van der Waals surface area contributed by atoms with Crippen LogP contribution in [0, 0.1) is 0 Å². The van der Waals surface area contributed by atoms with Crippen molar-refractivity contribution in [3.05, 3.63) is 41.5 Å². The summed E-state index contributed by atoms with van der Waals surface area (Å²) in [7, 11) is 6.43. The van der Waals surface area contributed by atoms with Crippen LogP contribution in [0.3, 0.4) is 0 Å². The molecule has 0 radical (unpaired) electrons. The summed E-state index contributed by atoms with van der Waals surface area (Å²) in [6.07, 6.45) is 2.62. The summed E-state index contributed by atoms with van der Waals surface area (Å²) in [5, 5.41) is 3.22. The summed E-state index contributed by atoms with van der Waals surface area (Å²) in [6.45, 7) is 8.52. The minimum Gasteiger partial charge on any atom is -0.371 e. The molecule has 0 unspecified atom stereocenters. The van der Waals surface area contributed by atoms with Gasteiger partial charge in [0.15, 0.2) is 0 Å². The molecule has 5 nitrogen and oxygen atoms in total. The van der Waals surface area contributed by atoms with Gasteiger partial charge >= 0.3 is 0 Å². The molecule has 1 fully saturated rings. The lowest BCUT2D eigenvalue weighted by Crippen LogP contribution is -2.40. The molecule has 0 spiro atoms. The number of hydrogen-bond donors (Lipinski definition) is 1. The summed E-state index contributed by atoms with van der Waals surface area (Å²) in [6, 6.07) is 12.4. The molecule has 0 bridgehead atoms. The summed E-state index contributed by atoms with van der Waals surface area (Å²) >= 11 is 0. The molecular weight excluding hydrogens is 358 g/mol. The van der Waals surface area contributed by atoms with E-state index in [1.54, 1.807) is 0 Å². The van der Waals surface area contributed by atoms with Gasteiger partial charge in [-0.3, -0.25) is 0 Å². The average molecular weight is 394 g/mol. The van der Waals surface area contributed by atoms with Gasteiger partial charge in [-0.2, -0.15) is 0 Å². The summed E-state index contributed by atoms with van der Waals surface area (Å²) in [5.41, 5.74) is 6.44. The number of rotatable bonds is 9. The van der Waals surface area contributed by atoms with Crippen LogP contribution >= 0.6 is 0 Å². The van der Waals surface area contributed by atoms with Crippen molar-refractivity contribution in [3.8, 4) is 11.3 Å². The molecule has 0 atom stereocenters. The predicted molar refractivity (Wildman–Crippen MR) is 123 cm³/mol. The molecule has 4 rings (SSSR count). The van der Waals surface area contributed by atoms with Crippen LogP contribution < -0.4 is 15.1 Å². The fourth-order valence-corrected chi connectivity index (χ4v) is 4.16. The number of likely N-dealkylation sites (N-methyl/N-ethyl adjacent to an activating group) is 2. The molecule has 1 aliphatic carbocycles. The van der Waals surface area contributed by atoms with Crippen molar-refractivity contribution in [1.82, 2.24) is 15.2 Å². The van der Waals surface area contributed by atoms with Crippen LogP contribution in [0.1, 0.15) is 37.8 Å². The molecule has 2 aliphatic rings. The Kier molecular flexibility index (Phi) is 5.79. The van der Waals surface area contributed by atoms with Gasteiger partial charge in [0.05, 0.1) is 12.2 Å². The zero-order chi connectivity index (χ0) is 20.5. The SMILES string of the molecule is CNCCN(C)Cc1cccc(-c2cc(N(C)C3CC3)c3c(n2)N(C(C)C)C3)c1. The maximum atomic E-state index is 5.10. The minimum atomic E-state index is 0.483. The molecule has 156 valence electrons. The van der Waals surface area contributed by atoms with E-state index in [9.17, 15) is 0 Å². The van der Waals surface area contributed by atoms with Crippen LogP contribution in [0.5, 0.6) is 0 Å². The van der Waals surface area contributed by atoms with Gasteiger partial charge in [-0.25, -0.2) is 4.98 Å². The van der Waals surface area contributed by atoms with E-state index < -0.39 is 0 Å². The van der Waals surface area contributed by atoms with Crippen molar-refractivity contribution < 1.29 is 0 Å². The Labute approximate surface area is 175 Å². The van der Waals surface area contributed by atoms with E-state index in [1.165, 1.54) is 41.0 Å². The summed E-state index contributed by atoms with van der Waals surface area (Å²) in [4.78, 5) is 12.4. The third-order valence-corrected chi connectivity index (χ3v) is 6.20. The van der Waals surface area contributed by atoms with Gasteiger partial charge in [-0.1, -0.05) is 18.2 Å². The second kappa shape index (κ2) is 8.33. The van der Waals surface area contributed by atoms with Gasteiger partial charge < -0.3 is 20.0 Å². The predicted octanol–water partition coefficient (Wildman–Crippen LogP) is 3.73. The number of fused-ring (bicyclic) bond motifs is 1. The highest BCUT2D eigenvalue weighted by Gasteiger charge is 2.35. The van der Waals surface area contributed by atoms with Crippen molar-refractivity contribution in [2.24, 2.45) is 0 Å². The average Bonchev–Trinajstić information content (AvgIpc) is 3.51. The van der Waals surface area contributed by atoms with Gasteiger partial charge in [-0.15, -0.1) is 0 Å². The Bertz CT molecular complexity index is 858. The lowest BCUT2D eigenvalue weighted by molar-refractivity contribution is 0.328. The highest BCUT2D eigenvalue weighted by atomic mass is 15.3. The molecule has 5 heteroatoms. The van der Waals surface area contributed by atoms with Crippen LogP contribution in [0.25, 0.3) is 11.3 Å². The van der Waals surface area contributed by atoms with Crippen molar-refractivity contribution in [2.45, 2.75) is 51.9 Å². The van der Waals surface area contributed by atoms with Crippen molar-refractivity contribution in [1.29, 1.82) is 0 Å². The van der Waals surface area contributed by atoms with E-state index in [2.05, 4.69) is 78.3 Å². The molecule has 2 heterocycles. The molecule has 1 aromatic heterocycles. The van der Waals surface area contributed by atoms with Crippen LogP contribution in [0.2, 0.25) is 0 Å². The van der Waals surface area contributed by atoms with Gasteiger partial charge in [0.25, 0.3) is 0 Å². The molecule has 1 aromatic carbocycles. The number of anilines is 2. The number of hydrogen-bond acceptors (Lipinski definition) is 5. The maximum absolute atomic E-state index is 5.10. The summed E-state index contributed by atoms with van der Waals surface area (Å²) in [5.74, 6) is 1.18. The van der Waals surface area contributed by atoms with Crippen molar-refractivity contribution in [3.63, 3.8) is 0 Å². The molecule has 0 amide bonds. The van der Waals surface area contributed by atoms with Gasteiger partial charge in [0, 0.05) is 55.6 Å². The van der Waals surface area contributed by atoms with Crippen LogP contribution in [-0.2, 0) is 13.1 Å². The molecule has 0 saturated heterocycles. The number of aromatic nitrogens is 1. The van der Waals surface area contributed by atoms with Crippen molar-refractivity contribution >= 4 is 11.5 Å². The number of benzene rings is 1. The fourth-order valence-electron chi connectivity index (χ4n) is 4.16. The molecule has 2 aromatic rings. The Hall–Kier alpha value is -2.11. The van der Waals surface area contributed by atoms with Gasteiger partial charge in [0.2, 0.25) is 0 Å². The largest absolute Gasteiger partial charge is 0.371 e. The van der Waals surface area contributed by atoms with Crippen LogP contribution in [0.15, 0.2) is 30.3 Å². The lowest BCUT2D eigenvalue weighted by atomic mass is 9.99. The molecule has 1 aliphatic heterocycles. The normalized spacial score (nSPS) is 15.6. The Morgan fingerprint density at radius 2 is 2.00 bits per heavy atom. The third kappa shape index (κ3) is 4.26. The first-order valence-corrected chi connectivity index (χ1v) is 10.9. The van der Waals surface area contributed by atoms with E-state index in [1.807, 2.05) is 7.05 Å². The van der Waals surface area contributed by atoms with E-state index in [-0.39, 0.29) is 0 Å². The number of pyridine rings is 1. The Morgan fingerprint density at radius 3 is 2.69 bits per heavy atom. The number of nitrogens with one attached hydrogen (secondary N) is 1. The monoisotopic (exact) mass is 393 g/mol. The molecule has 29 heavy (non-hydrogen) atoms. The first kappa shape index (κ1) is 20.2. The first-order chi connectivity index (χ1) is 14.0. The highest BCUT2D eigenvalue weighted by molar-refractivity contribution is 5.78. The third-order valence-electron chi connectivity index (χ3n) is 6.20. The lowest BCUT2D eigenvalue weighted by Gasteiger charge is -2.41. The zero-order valence-corrected chi connectivity index (χ0v) is 18.6. The molecule has 1 N–H and O–H groups in total. The zero-order valence-electron chi connectivity index (χ0n) is 18.6. The van der Waals surface area contributed by atoms with Gasteiger partial charge in [-0.05, 0) is 58.5 Å². The Balaban J connectivity index is 1.64. The van der Waals surface area contributed by atoms with Crippen molar-refractivity contribution in [2.75, 3.05) is 44.0 Å². The quantitative estimate of drug-likeness (QED) is 0.702. The molecular formula is C24H35N5. The second-order valence-corrected chi connectivity index (χ2v) is 8.93.